The molecule has 1 aliphatic rings. The van der Waals surface area contributed by atoms with Gasteiger partial charge in [0.25, 0.3) is 11.8 Å². The summed E-state index contributed by atoms with van der Waals surface area (Å²) < 4.78 is 5.49. The number of thiophene rings is 1. The average molecular weight is 462 g/mol. The van der Waals surface area contributed by atoms with Crippen molar-refractivity contribution in [3.05, 3.63) is 76.6 Å². The minimum atomic E-state index is -0.375. The highest BCUT2D eigenvalue weighted by Gasteiger charge is 2.40. The number of rotatable bonds is 9. The van der Waals surface area contributed by atoms with E-state index in [9.17, 15) is 9.59 Å². The summed E-state index contributed by atoms with van der Waals surface area (Å²) in [6, 6.07) is 18.6. The van der Waals surface area contributed by atoms with Gasteiger partial charge in [0, 0.05) is 29.3 Å². The highest BCUT2D eigenvalue weighted by atomic mass is 32.1. The standard InChI is InChI=1S/C26H27N3O3S/c1-4-28(5-2)19-11-9-18(10-12-19)27-24-23(22-8-7-17-33-22)25(30)29(26(24)31)20-13-15-21(16-14-20)32-6-3/h7-17,27H,4-6H2,1-3H3. The zero-order valence-corrected chi connectivity index (χ0v) is 19.8. The van der Waals surface area contributed by atoms with Crippen LogP contribution >= 0.6 is 11.3 Å². The number of benzene rings is 2. The number of anilines is 3. The average Bonchev–Trinajstić information content (AvgIpc) is 3.43. The third-order valence-electron chi connectivity index (χ3n) is 5.52. The second-order valence-corrected chi connectivity index (χ2v) is 8.39. The smallest absolute Gasteiger partial charge is 0.282 e. The van der Waals surface area contributed by atoms with Gasteiger partial charge in [0.1, 0.15) is 11.4 Å². The van der Waals surface area contributed by atoms with Gasteiger partial charge in [-0.3, -0.25) is 9.59 Å². The molecule has 0 aliphatic carbocycles. The van der Waals surface area contributed by atoms with Crippen molar-refractivity contribution >= 4 is 45.8 Å². The van der Waals surface area contributed by atoms with Crippen molar-refractivity contribution in [2.24, 2.45) is 0 Å². The molecule has 0 unspecified atom stereocenters. The van der Waals surface area contributed by atoms with Crippen LogP contribution in [0.5, 0.6) is 5.75 Å². The molecule has 1 N–H and O–H groups in total. The minimum Gasteiger partial charge on any atom is -0.494 e. The van der Waals surface area contributed by atoms with E-state index >= 15 is 0 Å². The maximum atomic E-state index is 13.5. The number of carbonyl (C=O) groups is 2. The molecule has 0 bridgehead atoms. The van der Waals surface area contributed by atoms with Gasteiger partial charge in [0.05, 0.1) is 17.9 Å². The van der Waals surface area contributed by atoms with Crippen LogP contribution in [0.2, 0.25) is 0 Å². The molecule has 3 aromatic rings. The van der Waals surface area contributed by atoms with Crippen LogP contribution in [0.3, 0.4) is 0 Å². The summed E-state index contributed by atoms with van der Waals surface area (Å²) in [6.45, 7) is 8.53. The molecule has 0 radical (unpaired) electrons. The summed E-state index contributed by atoms with van der Waals surface area (Å²) in [5, 5.41) is 5.12. The van der Waals surface area contributed by atoms with E-state index in [1.165, 1.54) is 16.2 Å². The Morgan fingerprint density at radius 3 is 2.18 bits per heavy atom. The maximum Gasteiger partial charge on any atom is 0.282 e. The van der Waals surface area contributed by atoms with Crippen molar-refractivity contribution in [3.8, 4) is 5.75 Å². The van der Waals surface area contributed by atoms with E-state index in [0.717, 1.165) is 29.3 Å². The van der Waals surface area contributed by atoms with E-state index in [0.29, 0.717) is 23.6 Å². The van der Waals surface area contributed by atoms with Crippen LogP contribution in [0.1, 0.15) is 25.6 Å². The molecule has 0 atom stereocenters. The first-order chi connectivity index (χ1) is 16.1. The quantitative estimate of drug-likeness (QED) is 0.433. The first kappa shape index (κ1) is 22.6. The van der Waals surface area contributed by atoms with Gasteiger partial charge < -0.3 is 15.0 Å². The summed E-state index contributed by atoms with van der Waals surface area (Å²) in [6.07, 6.45) is 0. The maximum absolute atomic E-state index is 13.5. The van der Waals surface area contributed by atoms with Gasteiger partial charge in [-0.25, -0.2) is 4.90 Å². The number of carbonyl (C=O) groups excluding carboxylic acids is 2. The van der Waals surface area contributed by atoms with E-state index in [1.54, 1.807) is 24.3 Å². The monoisotopic (exact) mass is 461 g/mol. The van der Waals surface area contributed by atoms with Crippen molar-refractivity contribution < 1.29 is 14.3 Å². The van der Waals surface area contributed by atoms with Crippen molar-refractivity contribution in [3.63, 3.8) is 0 Å². The molecular weight excluding hydrogens is 434 g/mol. The van der Waals surface area contributed by atoms with Gasteiger partial charge in [-0.2, -0.15) is 0 Å². The van der Waals surface area contributed by atoms with E-state index in [-0.39, 0.29) is 17.5 Å². The molecule has 0 saturated heterocycles. The van der Waals surface area contributed by atoms with E-state index < -0.39 is 0 Å². The number of amides is 2. The lowest BCUT2D eigenvalue weighted by molar-refractivity contribution is -0.120. The number of hydrogen-bond acceptors (Lipinski definition) is 6. The van der Waals surface area contributed by atoms with Crippen LogP contribution in [0.25, 0.3) is 5.57 Å². The molecular formula is C26H27N3O3S. The molecule has 2 heterocycles. The second kappa shape index (κ2) is 9.92. The Labute approximate surface area is 198 Å². The van der Waals surface area contributed by atoms with E-state index in [4.69, 9.17) is 4.74 Å². The highest BCUT2D eigenvalue weighted by Crippen LogP contribution is 2.36. The van der Waals surface area contributed by atoms with Gasteiger partial charge in [0.15, 0.2) is 0 Å². The molecule has 1 aliphatic heterocycles. The third-order valence-corrected chi connectivity index (χ3v) is 6.41. The normalized spacial score (nSPS) is 13.6. The number of imide groups is 1. The molecule has 33 heavy (non-hydrogen) atoms. The summed E-state index contributed by atoms with van der Waals surface area (Å²) >= 11 is 1.43. The minimum absolute atomic E-state index is 0.284. The SMILES string of the molecule is CCOc1ccc(N2C(=O)C(Nc3ccc(N(CC)CC)cc3)=C(c3cccs3)C2=O)cc1. The molecule has 0 spiro atoms. The molecule has 2 aromatic carbocycles. The van der Waals surface area contributed by atoms with Crippen LogP contribution in [-0.4, -0.2) is 31.5 Å². The first-order valence-corrected chi connectivity index (χ1v) is 12.0. The number of hydrogen-bond donors (Lipinski definition) is 1. The fraction of sp³-hybridized carbons (Fsp3) is 0.231. The predicted octanol–water partition coefficient (Wildman–Crippen LogP) is 5.39. The molecule has 2 amide bonds. The van der Waals surface area contributed by atoms with Crippen LogP contribution < -0.4 is 19.9 Å². The molecule has 1 aromatic heterocycles. The molecule has 6 nitrogen and oxygen atoms in total. The fourth-order valence-electron chi connectivity index (χ4n) is 3.88. The molecule has 170 valence electrons. The highest BCUT2D eigenvalue weighted by molar-refractivity contribution is 7.11. The Morgan fingerprint density at radius 2 is 1.61 bits per heavy atom. The predicted molar refractivity (Wildman–Crippen MR) is 135 cm³/mol. The largest absolute Gasteiger partial charge is 0.494 e. The number of ether oxygens (including phenoxy) is 1. The topological polar surface area (TPSA) is 61.9 Å². The van der Waals surface area contributed by atoms with Gasteiger partial charge in [0.2, 0.25) is 0 Å². The second-order valence-electron chi connectivity index (χ2n) is 7.44. The van der Waals surface area contributed by atoms with Gasteiger partial charge in [-0.15, -0.1) is 11.3 Å². The molecule has 4 rings (SSSR count). The van der Waals surface area contributed by atoms with Gasteiger partial charge in [-0.05, 0) is 80.7 Å². The van der Waals surface area contributed by atoms with Gasteiger partial charge >= 0.3 is 0 Å². The van der Waals surface area contributed by atoms with E-state index in [2.05, 4.69) is 24.1 Å². The Kier molecular flexibility index (Phi) is 6.79. The van der Waals surface area contributed by atoms with Crippen molar-refractivity contribution in [1.29, 1.82) is 0 Å². The van der Waals surface area contributed by atoms with Crippen LogP contribution in [0, 0.1) is 0 Å². The lowest BCUT2D eigenvalue weighted by Gasteiger charge is -2.21. The van der Waals surface area contributed by atoms with Crippen LogP contribution in [-0.2, 0) is 9.59 Å². The lowest BCUT2D eigenvalue weighted by atomic mass is 10.1. The van der Waals surface area contributed by atoms with Crippen molar-refractivity contribution in [2.45, 2.75) is 20.8 Å². The Bertz CT molecular complexity index is 1150. The number of nitrogens with one attached hydrogen (secondary N) is 1. The summed E-state index contributed by atoms with van der Waals surface area (Å²) in [7, 11) is 0. The molecule has 0 saturated carbocycles. The zero-order valence-electron chi connectivity index (χ0n) is 19.0. The Morgan fingerprint density at radius 1 is 0.909 bits per heavy atom. The van der Waals surface area contributed by atoms with Crippen LogP contribution in [0.4, 0.5) is 17.1 Å². The summed E-state index contributed by atoms with van der Waals surface area (Å²) in [5.41, 5.74) is 3.05. The van der Waals surface area contributed by atoms with Gasteiger partial charge in [-0.1, -0.05) is 6.07 Å². The lowest BCUT2D eigenvalue weighted by Crippen LogP contribution is -2.32. The van der Waals surface area contributed by atoms with E-state index in [1.807, 2.05) is 48.7 Å². The Balaban J connectivity index is 1.66. The van der Waals surface area contributed by atoms with Crippen molar-refractivity contribution in [1.82, 2.24) is 0 Å². The number of nitrogens with zero attached hydrogens (tertiary/aromatic N) is 2. The molecule has 7 heteroatoms. The van der Waals surface area contributed by atoms with Crippen molar-refractivity contribution in [2.75, 3.05) is 34.8 Å². The summed E-state index contributed by atoms with van der Waals surface area (Å²) in [4.78, 5) is 31.1. The molecule has 0 fully saturated rings. The third kappa shape index (κ3) is 4.50. The Hall–Kier alpha value is -3.58. The fourth-order valence-corrected chi connectivity index (χ4v) is 4.64. The summed E-state index contributed by atoms with van der Waals surface area (Å²) in [5.74, 6) is -0.0207. The van der Waals surface area contributed by atoms with Crippen LogP contribution in [0.15, 0.2) is 71.7 Å². The zero-order chi connectivity index (χ0) is 23.4. The first-order valence-electron chi connectivity index (χ1n) is 11.1.